The SMILES string of the molecule is O=C1N(c2ccccc2)N(c2ccccc2)C(=O)C12CC=CC=CC2. The molecule has 4 nitrogen and oxygen atoms in total. The minimum atomic E-state index is -1.07. The second-order valence-electron chi connectivity index (χ2n) is 6.25. The lowest BCUT2D eigenvalue weighted by molar-refractivity contribution is -0.134. The topological polar surface area (TPSA) is 40.6 Å². The molecule has 0 bridgehead atoms. The molecule has 2 aromatic rings. The molecule has 2 aromatic carbocycles. The molecule has 0 saturated carbocycles. The van der Waals surface area contributed by atoms with Gasteiger partial charge in [-0.05, 0) is 37.1 Å². The molecule has 2 amide bonds. The number of nitrogens with zero attached hydrogens (tertiary/aromatic N) is 2. The zero-order chi connectivity index (χ0) is 17.3. The van der Waals surface area contributed by atoms with Gasteiger partial charge in [-0.15, -0.1) is 0 Å². The molecule has 1 fully saturated rings. The van der Waals surface area contributed by atoms with Crippen molar-refractivity contribution in [2.45, 2.75) is 12.8 Å². The third-order valence-corrected chi connectivity index (χ3v) is 4.72. The largest absolute Gasteiger partial charge is 0.271 e. The lowest BCUT2D eigenvalue weighted by atomic mass is 9.80. The van der Waals surface area contributed by atoms with E-state index in [-0.39, 0.29) is 11.8 Å². The number of para-hydroxylation sites is 2. The summed E-state index contributed by atoms with van der Waals surface area (Å²) in [7, 11) is 0. The van der Waals surface area contributed by atoms with Crippen LogP contribution in [0.5, 0.6) is 0 Å². The van der Waals surface area contributed by atoms with Gasteiger partial charge >= 0.3 is 0 Å². The Labute approximate surface area is 146 Å². The average molecular weight is 330 g/mol. The van der Waals surface area contributed by atoms with Crippen molar-refractivity contribution >= 4 is 23.2 Å². The van der Waals surface area contributed by atoms with Gasteiger partial charge in [0.15, 0.2) is 0 Å². The highest BCUT2D eigenvalue weighted by atomic mass is 16.2. The third-order valence-electron chi connectivity index (χ3n) is 4.72. The van der Waals surface area contributed by atoms with E-state index in [1.165, 1.54) is 10.0 Å². The smallest absolute Gasteiger partial charge is 0.262 e. The second-order valence-corrected chi connectivity index (χ2v) is 6.25. The Kier molecular flexibility index (Phi) is 3.73. The van der Waals surface area contributed by atoms with Gasteiger partial charge in [0, 0.05) is 0 Å². The van der Waals surface area contributed by atoms with E-state index in [4.69, 9.17) is 0 Å². The second kappa shape index (κ2) is 6.06. The van der Waals surface area contributed by atoms with Crippen LogP contribution in [0, 0.1) is 5.41 Å². The summed E-state index contributed by atoms with van der Waals surface area (Å²) in [5.74, 6) is -0.354. The number of hydrogen-bond acceptors (Lipinski definition) is 2. The molecule has 1 aliphatic heterocycles. The highest BCUT2D eigenvalue weighted by Gasteiger charge is 2.58. The van der Waals surface area contributed by atoms with Gasteiger partial charge in [0.2, 0.25) is 0 Å². The molecule has 1 spiro atoms. The fourth-order valence-corrected chi connectivity index (χ4v) is 3.41. The fourth-order valence-electron chi connectivity index (χ4n) is 3.41. The van der Waals surface area contributed by atoms with Gasteiger partial charge in [-0.1, -0.05) is 60.7 Å². The standard InChI is InChI=1S/C21H18N2O2/c24-19-21(15-9-1-2-10-16-21)20(25)23(18-13-7-4-8-14-18)22(19)17-11-5-3-6-12-17/h1-14H,15-16H2. The van der Waals surface area contributed by atoms with Crippen LogP contribution >= 0.6 is 0 Å². The van der Waals surface area contributed by atoms with Gasteiger partial charge < -0.3 is 0 Å². The van der Waals surface area contributed by atoms with Crippen molar-refractivity contribution in [2.24, 2.45) is 5.41 Å². The Hall–Kier alpha value is -3.14. The summed E-state index contributed by atoms with van der Waals surface area (Å²) in [5.41, 5.74) is 0.312. The molecule has 1 aliphatic carbocycles. The minimum Gasteiger partial charge on any atom is -0.271 e. The summed E-state index contributed by atoms with van der Waals surface area (Å²) >= 11 is 0. The van der Waals surface area contributed by atoms with Crippen LogP contribution in [-0.2, 0) is 9.59 Å². The number of allylic oxidation sites excluding steroid dienone is 4. The zero-order valence-corrected chi connectivity index (χ0v) is 13.7. The normalized spacial score (nSPS) is 18.9. The zero-order valence-electron chi connectivity index (χ0n) is 13.7. The lowest BCUT2D eigenvalue weighted by Gasteiger charge is -2.27. The van der Waals surface area contributed by atoms with Gasteiger partial charge in [-0.25, -0.2) is 10.0 Å². The summed E-state index contributed by atoms with van der Waals surface area (Å²) in [4.78, 5) is 26.9. The van der Waals surface area contributed by atoms with Crippen molar-refractivity contribution in [3.05, 3.63) is 85.0 Å². The van der Waals surface area contributed by atoms with Gasteiger partial charge in [0.25, 0.3) is 11.8 Å². The van der Waals surface area contributed by atoms with E-state index in [0.717, 1.165) is 0 Å². The summed E-state index contributed by atoms with van der Waals surface area (Å²) in [6.07, 6.45) is 8.41. The van der Waals surface area contributed by atoms with Crippen LogP contribution in [0.15, 0.2) is 85.0 Å². The molecule has 2 aliphatic rings. The van der Waals surface area contributed by atoms with Crippen LogP contribution in [0.1, 0.15) is 12.8 Å². The molecule has 0 aromatic heterocycles. The minimum absolute atomic E-state index is 0.177. The van der Waals surface area contributed by atoms with Gasteiger partial charge in [-0.3, -0.25) is 9.59 Å². The molecule has 4 heteroatoms. The van der Waals surface area contributed by atoms with Gasteiger partial charge in [0.05, 0.1) is 11.4 Å². The number of hydrogen-bond donors (Lipinski definition) is 0. The Morgan fingerprint density at radius 1 is 0.640 bits per heavy atom. The number of carbonyl (C=O) groups excluding carboxylic acids is 2. The van der Waals surface area contributed by atoms with Crippen molar-refractivity contribution < 1.29 is 9.59 Å². The van der Waals surface area contributed by atoms with E-state index in [9.17, 15) is 9.59 Å². The van der Waals surface area contributed by atoms with Crippen LogP contribution < -0.4 is 10.0 Å². The Balaban J connectivity index is 1.88. The maximum Gasteiger partial charge on any atom is 0.262 e. The Morgan fingerprint density at radius 3 is 1.44 bits per heavy atom. The molecule has 0 atom stereocenters. The van der Waals surface area contributed by atoms with Crippen LogP contribution in [0.2, 0.25) is 0 Å². The summed E-state index contributed by atoms with van der Waals surface area (Å²) < 4.78 is 0. The third kappa shape index (κ3) is 2.38. The van der Waals surface area contributed by atoms with Crippen molar-refractivity contribution in [1.82, 2.24) is 0 Å². The van der Waals surface area contributed by atoms with Crippen LogP contribution in [-0.4, -0.2) is 11.8 Å². The van der Waals surface area contributed by atoms with Crippen LogP contribution in [0.4, 0.5) is 11.4 Å². The van der Waals surface area contributed by atoms with Crippen molar-refractivity contribution in [3.8, 4) is 0 Å². The fraction of sp³-hybridized carbons (Fsp3) is 0.143. The average Bonchev–Trinajstić information content (AvgIpc) is 2.83. The van der Waals surface area contributed by atoms with Crippen molar-refractivity contribution in [1.29, 1.82) is 0 Å². The maximum atomic E-state index is 13.4. The molecule has 1 saturated heterocycles. The van der Waals surface area contributed by atoms with E-state index in [0.29, 0.717) is 24.2 Å². The molecule has 1 heterocycles. The van der Waals surface area contributed by atoms with Gasteiger partial charge in [-0.2, -0.15) is 0 Å². The lowest BCUT2D eigenvalue weighted by Crippen LogP contribution is -2.41. The summed E-state index contributed by atoms with van der Waals surface area (Å²) in [6, 6.07) is 18.7. The van der Waals surface area contributed by atoms with Crippen molar-refractivity contribution in [2.75, 3.05) is 10.0 Å². The number of carbonyl (C=O) groups is 2. The van der Waals surface area contributed by atoms with E-state index in [1.54, 1.807) is 0 Å². The first-order chi connectivity index (χ1) is 12.2. The first-order valence-corrected chi connectivity index (χ1v) is 8.35. The molecular formula is C21H18N2O2. The Morgan fingerprint density at radius 2 is 1.04 bits per heavy atom. The molecular weight excluding hydrogens is 312 g/mol. The van der Waals surface area contributed by atoms with Gasteiger partial charge in [0.1, 0.15) is 5.41 Å². The molecule has 0 unspecified atom stereocenters. The number of hydrazine groups is 1. The number of amides is 2. The molecule has 0 N–H and O–H groups in total. The molecule has 4 rings (SSSR count). The monoisotopic (exact) mass is 330 g/mol. The predicted molar refractivity (Wildman–Crippen MR) is 97.8 cm³/mol. The number of benzene rings is 2. The number of rotatable bonds is 2. The highest BCUT2D eigenvalue weighted by Crippen LogP contribution is 2.44. The predicted octanol–water partition coefficient (Wildman–Crippen LogP) is 3.87. The Bertz CT molecular complexity index is 782. The first-order valence-electron chi connectivity index (χ1n) is 8.35. The summed E-state index contributed by atoms with van der Waals surface area (Å²) in [6.45, 7) is 0. The van der Waals surface area contributed by atoms with Crippen molar-refractivity contribution in [3.63, 3.8) is 0 Å². The highest BCUT2D eigenvalue weighted by molar-refractivity contribution is 6.26. The molecule has 0 radical (unpaired) electrons. The van der Waals surface area contributed by atoms with E-state index in [2.05, 4.69) is 0 Å². The van der Waals surface area contributed by atoms with E-state index < -0.39 is 5.41 Å². The molecule has 25 heavy (non-hydrogen) atoms. The quantitative estimate of drug-likeness (QED) is 0.784. The van der Waals surface area contributed by atoms with Crippen LogP contribution in [0.25, 0.3) is 0 Å². The molecule has 124 valence electrons. The summed E-state index contributed by atoms with van der Waals surface area (Å²) in [5, 5.41) is 3.04. The van der Waals surface area contributed by atoms with E-state index in [1.807, 2.05) is 85.0 Å². The first kappa shape index (κ1) is 15.4. The van der Waals surface area contributed by atoms with E-state index >= 15 is 0 Å². The maximum absolute atomic E-state index is 13.4. The number of anilines is 2. The van der Waals surface area contributed by atoms with Crippen LogP contribution in [0.3, 0.4) is 0 Å².